The highest BCUT2D eigenvalue weighted by molar-refractivity contribution is 5.75. The van der Waals surface area contributed by atoms with Gasteiger partial charge in [0.25, 0.3) is 0 Å². The third kappa shape index (κ3) is 3.09. The summed E-state index contributed by atoms with van der Waals surface area (Å²) in [6, 6.07) is 21.6. The predicted octanol–water partition coefficient (Wildman–Crippen LogP) is 5.19. The fourth-order valence-electron chi connectivity index (χ4n) is 2.84. The van der Waals surface area contributed by atoms with Gasteiger partial charge in [-0.15, -0.1) is 0 Å². The summed E-state index contributed by atoms with van der Waals surface area (Å²) in [7, 11) is 2.09. The summed E-state index contributed by atoms with van der Waals surface area (Å²) in [5, 5.41) is 0. The lowest BCUT2D eigenvalue weighted by Gasteiger charge is -2.09. The lowest BCUT2D eigenvalue weighted by Crippen LogP contribution is -2.30. The predicted molar refractivity (Wildman–Crippen MR) is 97.9 cm³/mol. The number of aryl methyl sites for hydroxylation is 2. The normalized spacial score (nSPS) is 10.6. The van der Waals surface area contributed by atoms with Gasteiger partial charge in [-0.3, -0.25) is 0 Å². The molecule has 0 aliphatic carbocycles. The zero-order valence-corrected chi connectivity index (χ0v) is 14.0. The fourth-order valence-corrected chi connectivity index (χ4v) is 2.84. The van der Waals surface area contributed by atoms with Crippen molar-refractivity contribution in [2.45, 2.75) is 13.8 Å². The van der Waals surface area contributed by atoms with Gasteiger partial charge < -0.3 is 0 Å². The van der Waals surface area contributed by atoms with Crippen LogP contribution in [0.4, 0.5) is 0 Å². The van der Waals surface area contributed by atoms with Crippen LogP contribution in [0.5, 0.6) is 0 Å². The standard InChI is InChI=1S/C22H22N/c1-16(2)18-8-7-9-19(14-18)20-12-11-17(3)21(15-20)22-10-5-6-13-23(22)4/h5-15H,1H2,2-4H3/q+1. The molecule has 0 aliphatic heterocycles. The highest BCUT2D eigenvalue weighted by Gasteiger charge is 2.12. The first-order valence-corrected chi connectivity index (χ1v) is 7.88. The van der Waals surface area contributed by atoms with Crippen LogP contribution in [0.2, 0.25) is 0 Å². The van der Waals surface area contributed by atoms with E-state index in [0.717, 1.165) is 5.57 Å². The summed E-state index contributed by atoms with van der Waals surface area (Å²) >= 11 is 0. The molecule has 0 N–H and O–H groups in total. The second-order valence-corrected chi connectivity index (χ2v) is 6.09. The average Bonchev–Trinajstić information content (AvgIpc) is 2.56. The SMILES string of the molecule is C=C(C)c1cccc(-c2ccc(C)c(-c3cccc[n+]3C)c2)c1. The van der Waals surface area contributed by atoms with Gasteiger partial charge in [-0.1, -0.05) is 42.5 Å². The van der Waals surface area contributed by atoms with E-state index in [0.29, 0.717) is 0 Å². The minimum atomic E-state index is 1.09. The molecular weight excluding hydrogens is 278 g/mol. The Morgan fingerprint density at radius 1 is 0.913 bits per heavy atom. The van der Waals surface area contributed by atoms with Crippen molar-refractivity contribution < 1.29 is 4.57 Å². The van der Waals surface area contributed by atoms with Crippen molar-refractivity contribution in [3.8, 4) is 22.4 Å². The van der Waals surface area contributed by atoms with Crippen molar-refractivity contribution >= 4 is 5.57 Å². The van der Waals surface area contributed by atoms with E-state index in [1.165, 1.54) is 33.5 Å². The van der Waals surface area contributed by atoms with Crippen LogP contribution in [0.3, 0.4) is 0 Å². The molecule has 1 nitrogen and oxygen atoms in total. The van der Waals surface area contributed by atoms with Crippen molar-refractivity contribution in [3.05, 3.63) is 84.6 Å². The topological polar surface area (TPSA) is 3.88 Å². The van der Waals surface area contributed by atoms with Gasteiger partial charge in [0.2, 0.25) is 5.69 Å². The number of nitrogens with zero attached hydrogens (tertiary/aromatic N) is 1. The van der Waals surface area contributed by atoms with E-state index in [1.54, 1.807) is 0 Å². The Hall–Kier alpha value is -2.67. The Morgan fingerprint density at radius 3 is 2.43 bits per heavy atom. The summed E-state index contributed by atoms with van der Waals surface area (Å²) in [5.41, 5.74) is 8.52. The van der Waals surface area contributed by atoms with E-state index < -0.39 is 0 Å². The number of hydrogen-bond acceptors (Lipinski definition) is 0. The van der Waals surface area contributed by atoms with Crippen molar-refractivity contribution in [1.29, 1.82) is 0 Å². The van der Waals surface area contributed by atoms with Crippen LogP contribution in [-0.2, 0) is 7.05 Å². The first-order chi connectivity index (χ1) is 11.1. The second-order valence-electron chi connectivity index (χ2n) is 6.09. The van der Waals surface area contributed by atoms with Gasteiger partial charge in [0.05, 0.1) is 0 Å². The maximum atomic E-state index is 4.05. The van der Waals surface area contributed by atoms with E-state index in [1.807, 2.05) is 6.92 Å². The molecule has 0 fully saturated rings. The number of pyridine rings is 1. The molecule has 0 bridgehead atoms. The number of benzene rings is 2. The number of rotatable bonds is 3. The van der Waals surface area contributed by atoms with Gasteiger partial charge in [-0.25, -0.2) is 4.57 Å². The molecule has 0 amide bonds. The highest BCUT2D eigenvalue weighted by Crippen LogP contribution is 2.29. The van der Waals surface area contributed by atoms with E-state index in [2.05, 4.69) is 92.0 Å². The van der Waals surface area contributed by atoms with Crippen molar-refractivity contribution in [2.24, 2.45) is 7.05 Å². The zero-order chi connectivity index (χ0) is 16.4. The van der Waals surface area contributed by atoms with Gasteiger partial charge in [0.15, 0.2) is 6.20 Å². The molecule has 0 aliphatic rings. The molecule has 114 valence electrons. The zero-order valence-electron chi connectivity index (χ0n) is 14.0. The lowest BCUT2D eigenvalue weighted by molar-refractivity contribution is -0.660. The monoisotopic (exact) mass is 300 g/mol. The molecular formula is C22H22N+. The number of aromatic nitrogens is 1. The Balaban J connectivity index is 2.13. The summed E-state index contributed by atoms with van der Waals surface area (Å²) < 4.78 is 2.16. The lowest BCUT2D eigenvalue weighted by atomic mass is 9.95. The van der Waals surface area contributed by atoms with Gasteiger partial charge in [0.1, 0.15) is 7.05 Å². The molecule has 23 heavy (non-hydrogen) atoms. The Morgan fingerprint density at radius 2 is 1.70 bits per heavy atom. The van der Waals surface area contributed by atoms with Crippen LogP contribution in [0, 0.1) is 6.92 Å². The molecule has 1 heterocycles. The van der Waals surface area contributed by atoms with Crippen LogP contribution in [0.1, 0.15) is 18.1 Å². The fraction of sp³-hybridized carbons (Fsp3) is 0.136. The molecule has 2 aromatic carbocycles. The molecule has 0 saturated carbocycles. The van der Waals surface area contributed by atoms with E-state index in [4.69, 9.17) is 0 Å². The summed E-state index contributed by atoms with van der Waals surface area (Å²) in [5.74, 6) is 0. The van der Waals surface area contributed by atoms with Crippen LogP contribution in [-0.4, -0.2) is 0 Å². The molecule has 0 radical (unpaired) electrons. The van der Waals surface area contributed by atoms with Crippen molar-refractivity contribution in [2.75, 3.05) is 0 Å². The molecule has 3 aromatic rings. The van der Waals surface area contributed by atoms with Crippen LogP contribution >= 0.6 is 0 Å². The summed E-state index contributed by atoms with van der Waals surface area (Å²) in [6.07, 6.45) is 2.09. The van der Waals surface area contributed by atoms with E-state index >= 15 is 0 Å². The first kappa shape index (κ1) is 15.2. The van der Waals surface area contributed by atoms with Crippen LogP contribution < -0.4 is 4.57 Å². The maximum absolute atomic E-state index is 4.05. The molecule has 0 atom stereocenters. The molecule has 0 unspecified atom stereocenters. The molecule has 0 saturated heterocycles. The van der Waals surface area contributed by atoms with Crippen LogP contribution in [0.25, 0.3) is 28.0 Å². The molecule has 1 heteroatoms. The molecule has 1 aromatic heterocycles. The van der Waals surface area contributed by atoms with Crippen molar-refractivity contribution in [1.82, 2.24) is 0 Å². The largest absolute Gasteiger partial charge is 0.212 e. The van der Waals surface area contributed by atoms with E-state index in [-0.39, 0.29) is 0 Å². The van der Waals surface area contributed by atoms with Gasteiger partial charge in [-0.05, 0) is 54.3 Å². The highest BCUT2D eigenvalue weighted by atomic mass is 14.9. The van der Waals surface area contributed by atoms with Gasteiger partial charge in [-0.2, -0.15) is 0 Å². The average molecular weight is 300 g/mol. The van der Waals surface area contributed by atoms with Gasteiger partial charge in [0, 0.05) is 17.7 Å². The minimum absolute atomic E-state index is 1.09. The van der Waals surface area contributed by atoms with Crippen LogP contribution in [0.15, 0.2) is 73.4 Å². The number of allylic oxidation sites excluding steroid dienone is 1. The smallest absolute Gasteiger partial charge is 0.201 e. The Bertz CT molecular complexity index is 875. The molecule has 0 spiro atoms. The summed E-state index contributed by atoms with van der Waals surface area (Å²) in [4.78, 5) is 0. The first-order valence-electron chi connectivity index (χ1n) is 7.88. The quantitative estimate of drug-likeness (QED) is 0.586. The Labute approximate surface area is 138 Å². The summed E-state index contributed by atoms with van der Waals surface area (Å²) in [6.45, 7) is 8.26. The third-order valence-electron chi connectivity index (χ3n) is 4.26. The minimum Gasteiger partial charge on any atom is -0.201 e. The Kier molecular flexibility index (Phi) is 4.12. The second kappa shape index (κ2) is 6.21. The maximum Gasteiger partial charge on any atom is 0.212 e. The third-order valence-corrected chi connectivity index (χ3v) is 4.26. The van der Waals surface area contributed by atoms with E-state index in [9.17, 15) is 0 Å². The number of hydrogen-bond donors (Lipinski definition) is 0. The van der Waals surface area contributed by atoms with Gasteiger partial charge >= 0.3 is 0 Å². The molecule has 3 rings (SSSR count). The van der Waals surface area contributed by atoms with Crippen molar-refractivity contribution in [3.63, 3.8) is 0 Å².